The molecule has 0 heterocycles. The number of halogens is 1. The summed E-state index contributed by atoms with van der Waals surface area (Å²) in [5.41, 5.74) is 0. The molecule has 0 aromatic heterocycles. The van der Waals surface area contributed by atoms with Crippen molar-refractivity contribution in [1.82, 2.24) is 0 Å². The smallest absolute Gasteiger partial charge is 0.126 e. The van der Waals surface area contributed by atoms with Gasteiger partial charge in [0.25, 0.3) is 0 Å². The highest BCUT2D eigenvalue weighted by Crippen LogP contribution is 2.15. The summed E-state index contributed by atoms with van der Waals surface area (Å²) in [6, 6.07) is 7.06. The summed E-state index contributed by atoms with van der Waals surface area (Å²) < 4.78 is 5.32. The summed E-state index contributed by atoms with van der Waals surface area (Å²) in [7, 11) is 0. The van der Waals surface area contributed by atoms with Crippen molar-refractivity contribution in [3.8, 4) is 5.75 Å². The minimum Gasteiger partial charge on any atom is -0.493 e. The Labute approximate surface area is 82.5 Å². The van der Waals surface area contributed by atoms with Crippen LogP contribution in [0.25, 0.3) is 0 Å². The predicted octanol–water partition coefficient (Wildman–Crippen LogP) is 2.55. The van der Waals surface area contributed by atoms with Crippen LogP contribution in [0, 0.1) is 5.92 Å². The van der Waals surface area contributed by atoms with Gasteiger partial charge in [0.05, 0.1) is 6.61 Å². The zero-order valence-electron chi connectivity index (χ0n) is 7.37. The summed E-state index contributed by atoms with van der Waals surface area (Å²) in [6.07, 6.45) is 0.871. The van der Waals surface area contributed by atoms with Crippen molar-refractivity contribution < 1.29 is 9.53 Å². The van der Waals surface area contributed by atoms with E-state index in [-0.39, 0.29) is 5.92 Å². The van der Waals surface area contributed by atoms with Crippen molar-refractivity contribution in [2.45, 2.75) is 6.92 Å². The molecule has 0 saturated heterocycles. The molecule has 70 valence electrons. The van der Waals surface area contributed by atoms with E-state index in [0.717, 1.165) is 12.0 Å². The molecule has 1 rings (SSSR count). The van der Waals surface area contributed by atoms with E-state index in [4.69, 9.17) is 16.3 Å². The van der Waals surface area contributed by atoms with E-state index < -0.39 is 0 Å². The van der Waals surface area contributed by atoms with Crippen molar-refractivity contribution in [1.29, 1.82) is 0 Å². The fourth-order valence-corrected chi connectivity index (χ4v) is 0.924. The van der Waals surface area contributed by atoms with Crippen molar-refractivity contribution in [2.24, 2.45) is 5.92 Å². The Bertz CT molecular complexity index is 269. The molecule has 0 N–H and O–H groups in total. The van der Waals surface area contributed by atoms with Crippen LogP contribution in [0.2, 0.25) is 5.02 Å². The molecule has 1 unspecified atom stereocenters. The van der Waals surface area contributed by atoms with Crippen LogP contribution < -0.4 is 4.74 Å². The van der Waals surface area contributed by atoms with E-state index >= 15 is 0 Å². The number of hydrogen-bond acceptors (Lipinski definition) is 2. The van der Waals surface area contributed by atoms with E-state index in [2.05, 4.69) is 0 Å². The number of rotatable bonds is 4. The lowest BCUT2D eigenvalue weighted by Crippen LogP contribution is -2.09. The molecule has 3 heteroatoms. The molecule has 0 aliphatic heterocycles. The first-order chi connectivity index (χ1) is 6.22. The number of carbonyl (C=O) groups is 1. The van der Waals surface area contributed by atoms with Crippen LogP contribution in [0.1, 0.15) is 6.92 Å². The van der Waals surface area contributed by atoms with Crippen LogP contribution in [0.3, 0.4) is 0 Å². The van der Waals surface area contributed by atoms with Gasteiger partial charge in [-0.1, -0.05) is 18.5 Å². The van der Waals surface area contributed by atoms with Gasteiger partial charge in [0.2, 0.25) is 0 Å². The van der Waals surface area contributed by atoms with E-state index in [1.165, 1.54) is 0 Å². The monoisotopic (exact) mass is 198 g/mol. The fraction of sp³-hybridized carbons (Fsp3) is 0.300. The third-order valence-corrected chi connectivity index (χ3v) is 1.81. The minimum atomic E-state index is -0.0734. The molecule has 1 atom stereocenters. The molecule has 0 bridgehead atoms. The van der Waals surface area contributed by atoms with Gasteiger partial charge in [0.15, 0.2) is 0 Å². The van der Waals surface area contributed by atoms with Gasteiger partial charge in [-0.05, 0) is 24.3 Å². The van der Waals surface area contributed by atoms with Gasteiger partial charge in [-0.25, -0.2) is 0 Å². The zero-order chi connectivity index (χ0) is 9.68. The molecular formula is C10H11ClO2. The lowest BCUT2D eigenvalue weighted by molar-refractivity contribution is -0.111. The first kappa shape index (κ1) is 10.1. The molecule has 1 aromatic rings. The Balaban J connectivity index is 2.45. The quantitative estimate of drug-likeness (QED) is 0.696. The largest absolute Gasteiger partial charge is 0.493 e. The van der Waals surface area contributed by atoms with E-state index in [9.17, 15) is 4.79 Å². The summed E-state index contributed by atoms with van der Waals surface area (Å²) in [5, 5.41) is 0.677. The average molecular weight is 199 g/mol. The lowest BCUT2D eigenvalue weighted by Gasteiger charge is -2.07. The summed E-state index contributed by atoms with van der Waals surface area (Å²) in [4.78, 5) is 10.3. The SMILES string of the molecule is CC(C=O)COc1ccc(Cl)cc1. The van der Waals surface area contributed by atoms with E-state index in [0.29, 0.717) is 11.6 Å². The second-order valence-corrected chi connectivity index (χ2v) is 3.31. The molecule has 2 nitrogen and oxygen atoms in total. The Morgan fingerprint density at radius 2 is 2.08 bits per heavy atom. The first-order valence-electron chi connectivity index (χ1n) is 4.06. The Morgan fingerprint density at radius 3 is 2.62 bits per heavy atom. The van der Waals surface area contributed by atoms with Crippen LogP contribution in [-0.2, 0) is 4.79 Å². The number of benzene rings is 1. The highest BCUT2D eigenvalue weighted by molar-refractivity contribution is 6.30. The van der Waals surface area contributed by atoms with Crippen LogP contribution in [0.4, 0.5) is 0 Å². The van der Waals surface area contributed by atoms with E-state index in [1.807, 2.05) is 6.92 Å². The minimum absolute atomic E-state index is 0.0734. The molecule has 0 radical (unpaired) electrons. The maximum absolute atomic E-state index is 10.3. The molecular weight excluding hydrogens is 188 g/mol. The molecule has 0 aliphatic rings. The van der Waals surface area contributed by atoms with Crippen molar-refractivity contribution in [3.63, 3.8) is 0 Å². The van der Waals surface area contributed by atoms with Crippen LogP contribution in [0.5, 0.6) is 5.75 Å². The topological polar surface area (TPSA) is 26.3 Å². The second-order valence-electron chi connectivity index (χ2n) is 2.88. The Morgan fingerprint density at radius 1 is 1.46 bits per heavy atom. The van der Waals surface area contributed by atoms with Crippen molar-refractivity contribution >= 4 is 17.9 Å². The van der Waals surface area contributed by atoms with Gasteiger partial charge in [0.1, 0.15) is 12.0 Å². The summed E-state index contributed by atoms with van der Waals surface area (Å²) in [5.74, 6) is 0.661. The number of aldehydes is 1. The number of ether oxygens (including phenoxy) is 1. The molecule has 0 saturated carbocycles. The molecule has 0 spiro atoms. The first-order valence-corrected chi connectivity index (χ1v) is 4.44. The normalized spacial score (nSPS) is 12.2. The predicted molar refractivity (Wildman–Crippen MR) is 52.2 cm³/mol. The Hall–Kier alpha value is -1.02. The average Bonchev–Trinajstić information content (AvgIpc) is 2.16. The van der Waals surface area contributed by atoms with Gasteiger partial charge >= 0.3 is 0 Å². The third kappa shape index (κ3) is 3.47. The molecule has 13 heavy (non-hydrogen) atoms. The second kappa shape index (κ2) is 4.87. The van der Waals surface area contributed by atoms with Crippen LogP contribution >= 0.6 is 11.6 Å². The van der Waals surface area contributed by atoms with Crippen LogP contribution in [-0.4, -0.2) is 12.9 Å². The molecule has 0 aliphatic carbocycles. The number of carbonyl (C=O) groups excluding carboxylic acids is 1. The van der Waals surface area contributed by atoms with Crippen LogP contribution in [0.15, 0.2) is 24.3 Å². The van der Waals surface area contributed by atoms with Crippen molar-refractivity contribution in [2.75, 3.05) is 6.61 Å². The Kier molecular flexibility index (Phi) is 3.77. The number of hydrogen-bond donors (Lipinski definition) is 0. The van der Waals surface area contributed by atoms with Gasteiger partial charge in [-0.3, -0.25) is 0 Å². The van der Waals surface area contributed by atoms with Gasteiger partial charge in [-0.15, -0.1) is 0 Å². The maximum Gasteiger partial charge on any atom is 0.126 e. The van der Waals surface area contributed by atoms with Gasteiger partial charge < -0.3 is 9.53 Å². The highest BCUT2D eigenvalue weighted by atomic mass is 35.5. The summed E-state index contributed by atoms with van der Waals surface area (Å²) in [6.45, 7) is 2.22. The third-order valence-electron chi connectivity index (χ3n) is 1.56. The zero-order valence-corrected chi connectivity index (χ0v) is 8.12. The van der Waals surface area contributed by atoms with Crippen molar-refractivity contribution in [3.05, 3.63) is 29.3 Å². The maximum atomic E-state index is 10.3. The fourth-order valence-electron chi connectivity index (χ4n) is 0.798. The van der Waals surface area contributed by atoms with E-state index in [1.54, 1.807) is 24.3 Å². The lowest BCUT2D eigenvalue weighted by atomic mass is 10.2. The van der Waals surface area contributed by atoms with Gasteiger partial charge in [0, 0.05) is 10.9 Å². The highest BCUT2D eigenvalue weighted by Gasteiger charge is 2.00. The molecule has 1 aromatic carbocycles. The molecule has 0 fully saturated rings. The standard InChI is InChI=1S/C10H11ClO2/c1-8(6-12)7-13-10-4-2-9(11)3-5-10/h2-6,8H,7H2,1H3. The molecule has 0 amide bonds. The summed E-state index contributed by atoms with van der Waals surface area (Å²) >= 11 is 5.69. The van der Waals surface area contributed by atoms with Gasteiger partial charge in [-0.2, -0.15) is 0 Å².